The molecule has 0 radical (unpaired) electrons. The van der Waals surface area contributed by atoms with Crippen LogP contribution >= 0.6 is 0 Å². The second-order valence-corrected chi connectivity index (χ2v) is 5.62. The number of unbranched alkanes of at least 4 members (excludes halogenated alkanes) is 1. The van der Waals surface area contributed by atoms with Crippen molar-refractivity contribution in [1.29, 1.82) is 0 Å². The average Bonchev–Trinajstić information content (AvgIpc) is 1.97. The minimum absolute atomic E-state index is 0.363. The standard InChI is InChI=1S/C5H18N2OSi2/c1-3-4-5-7-10-8-9-6-2/h6-7H,3-5,9-10H2,1-2H3. The first-order valence-electron chi connectivity index (χ1n) is 3.85. The predicted octanol–water partition coefficient (Wildman–Crippen LogP) is -1.39. The van der Waals surface area contributed by atoms with Crippen molar-refractivity contribution in [2.24, 2.45) is 0 Å². The van der Waals surface area contributed by atoms with Crippen LogP contribution in [0, 0.1) is 0 Å². The highest BCUT2D eigenvalue weighted by molar-refractivity contribution is 6.39. The van der Waals surface area contributed by atoms with Gasteiger partial charge in [-0.25, -0.2) is 0 Å². The van der Waals surface area contributed by atoms with Crippen LogP contribution in [0.25, 0.3) is 0 Å². The van der Waals surface area contributed by atoms with E-state index in [-0.39, 0.29) is 19.8 Å². The van der Waals surface area contributed by atoms with E-state index in [9.17, 15) is 0 Å². The SMILES string of the molecule is CCCCN[SiH2]O[SiH2]NC. The third kappa shape index (κ3) is 8.31. The molecule has 0 heterocycles. The van der Waals surface area contributed by atoms with Crippen LogP contribution in [0.5, 0.6) is 0 Å². The summed E-state index contributed by atoms with van der Waals surface area (Å²) in [6, 6.07) is 0. The monoisotopic (exact) mass is 178 g/mol. The van der Waals surface area contributed by atoms with E-state index in [0.29, 0.717) is 0 Å². The lowest BCUT2D eigenvalue weighted by atomic mass is 10.3. The molecule has 3 nitrogen and oxygen atoms in total. The van der Waals surface area contributed by atoms with Gasteiger partial charge < -0.3 is 14.1 Å². The molecule has 62 valence electrons. The summed E-state index contributed by atoms with van der Waals surface area (Å²) in [4.78, 5) is 6.40. The third-order valence-electron chi connectivity index (χ3n) is 1.16. The molecule has 0 rings (SSSR count). The van der Waals surface area contributed by atoms with Crippen molar-refractivity contribution in [1.82, 2.24) is 9.96 Å². The van der Waals surface area contributed by atoms with Gasteiger partial charge in [-0.3, -0.25) is 0 Å². The first-order chi connectivity index (χ1) is 4.91. The summed E-state index contributed by atoms with van der Waals surface area (Å²) in [5.74, 6) is 0. The van der Waals surface area contributed by atoms with Crippen LogP contribution < -0.4 is 9.96 Å². The Morgan fingerprint density at radius 2 is 2.20 bits per heavy atom. The van der Waals surface area contributed by atoms with Crippen LogP contribution in [0.15, 0.2) is 0 Å². The largest absolute Gasteiger partial charge is 0.442 e. The van der Waals surface area contributed by atoms with E-state index in [1.165, 1.54) is 12.8 Å². The van der Waals surface area contributed by atoms with Crippen LogP contribution in [-0.2, 0) is 4.12 Å². The van der Waals surface area contributed by atoms with Crippen LogP contribution in [-0.4, -0.2) is 33.4 Å². The Kier molecular flexibility index (Phi) is 9.61. The summed E-state index contributed by atoms with van der Waals surface area (Å²) in [6.07, 6.45) is 2.54. The molecular weight excluding hydrogens is 160 g/mol. The molecule has 0 spiro atoms. The fourth-order valence-electron chi connectivity index (χ4n) is 0.599. The maximum atomic E-state index is 5.38. The molecule has 0 bridgehead atoms. The molecule has 0 unspecified atom stereocenters. The maximum absolute atomic E-state index is 5.38. The average molecular weight is 178 g/mol. The van der Waals surface area contributed by atoms with Crippen molar-refractivity contribution in [3.05, 3.63) is 0 Å². The summed E-state index contributed by atoms with van der Waals surface area (Å²) in [5.41, 5.74) is 0. The molecule has 0 aromatic heterocycles. The van der Waals surface area contributed by atoms with Crippen LogP contribution in [0.1, 0.15) is 19.8 Å². The zero-order valence-electron chi connectivity index (χ0n) is 6.94. The fraction of sp³-hybridized carbons (Fsp3) is 1.00. The first kappa shape index (κ1) is 10.3. The molecule has 0 atom stereocenters. The number of rotatable bonds is 7. The van der Waals surface area contributed by atoms with Gasteiger partial charge in [0, 0.05) is 0 Å². The van der Waals surface area contributed by atoms with Gasteiger partial charge in [0.05, 0.1) is 0 Å². The summed E-state index contributed by atoms with van der Waals surface area (Å²) in [5, 5.41) is 0. The van der Waals surface area contributed by atoms with E-state index in [1.807, 2.05) is 7.05 Å². The molecule has 0 aliphatic carbocycles. The van der Waals surface area contributed by atoms with E-state index in [1.54, 1.807) is 0 Å². The summed E-state index contributed by atoms with van der Waals surface area (Å²) in [7, 11) is 1.22. The van der Waals surface area contributed by atoms with Crippen LogP contribution in [0.4, 0.5) is 0 Å². The van der Waals surface area contributed by atoms with Gasteiger partial charge in [0.25, 0.3) is 0 Å². The van der Waals surface area contributed by atoms with Crippen molar-refractivity contribution in [2.45, 2.75) is 19.8 Å². The predicted molar refractivity (Wildman–Crippen MR) is 50.1 cm³/mol. The zero-order chi connectivity index (χ0) is 7.66. The van der Waals surface area contributed by atoms with E-state index in [2.05, 4.69) is 16.9 Å². The Bertz CT molecular complexity index is 57.6. The van der Waals surface area contributed by atoms with Crippen molar-refractivity contribution in [3.63, 3.8) is 0 Å². The lowest BCUT2D eigenvalue weighted by molar-refractivity contribution is 0.597. The number of nitrogens with one attached hydrogen (secondary N) is 2. The molecule has 0 fully saturated rings. The van der Waals surface area contributed by atoms with Gasteiger partial charge in [0.1, 0.15) is 0 Å². The zero-order valence-corrected chi connectivity index (χ0v) is 9.77. The van der Waals surface area contributed by atoms with Gasteiger partial charge in [-0.05, 0) is 20.0 Å². The van der Waals surface area contributed by atoms with Gasteiger partial charge in [-0.1, -0.05) is 13.3 Å². The topological polar surface area (TPSA) is 33.3 Å². The first-order valence-corrected chi connectivity index (χ1v) is 6.41. The van der Waals surface area contributed by atoms with E-state index < -0.39 is 0 Å². The molecule has 2 N–H and O–H groups in total. The van der Waals surface area contributed by atoms with E-state index in [4.69, 9.17) is 4.12 Å². The Hall–Kier alpha value is 0.314. The van der Waals surface area contributed by atoms with Crippen molar-refractivity contribution >= 4 is 19.8 Å². The molecule has 0 aromatic rings. The minimum Gasteiger partial charge on any atom is -0.442 e. The Morgan fingerprint density at radius 3 is 2.80 bits per heavy atom. The smallest absolute Gasteiger partial charge is 0.225 e. The third-order valence-corrected chi connectivity index (χ3v) is 3.64. The lowest BCUT2D eigenvalue weighted by Crippen LogP contribution is -2.28. The lowest BCUT2D eigenvalue weighted by Gasteiger charge is -2.02. The second-order valence-electron chi connectivity index (χ2n) is 2.20. The van der Waals surface area contributed by atoms with Crippen LogP contribution in [0.3, 0.4) is 0 Å². The molecule has 0 aliphatic heterocycles. The number of hydrogen-bond donors (Lipinski definition) is 2. The van der Waals surface area contributed by atoms with E-state index in [0.717, 1.165) is 6.54 Å². The van der Waals surface area contributed by atoms with E-state index >= 15 is 0 Å². The highest BCUT2D eigenvalue weighted by atomic mass is 28.3. The molecule has 0 saturated carbocycles. The molecule has 5 heteroatoms. The molecule has 0 amide bonds. The molecule has 0 aromatic carbocycles. The molecule has 0 saturated heterocycles. The summed E-state index contributed by atoms with van der Waals surface area (Å²) >= 11 is 0. The Balaban J connectivity index is 2.65. The summed E-state index contributed by atoms with van der Waals surface area (Å²) in [6.45, 7) is 3.34. The quantitative estimate of drug-likeness (QED) is 0.372. The minimum atomic E-state index is -0.371. The van der Waals surface area contributed by atoms with Gasteiger partial charge in [0.15, 0.2) is 0 Å². The van der Waals surface area contributed by atoms with Gasteiger partial charge in [-0.15, -0.1) is 0 Å². The number of hydrogen-bond acceptors (Lipinski definition) is 3. The van der Waals surface area contributed by atoms with Crippen LogP contribution in [0.2, 0.25) is 0 Å². The Morgan fingerprint density at radius 1 is 1.40 bits per heavy atom. The second kappa shape index (κ2) is 9.31. The Labute approximate surface area is 68.0 Å². The molecule has 10 heavy (non-hydrogen) atoms. The maximum Gasteiger partial charge on any atom is 0.225 e. The highest BCUT2D eigenvalue weighted by Gasteiger charge is 1.85. The van der Waals surface area contributed by atoms with Crippen molar-refractivity contribution in [2.75, 3.05) is 13.6 Å². The van der Waals surface area contributed by atoms with Gasteiger partial charge in [0.2, 0.25) is 19.8 Å². The fourth-order valence-corrected chi connectivity index (χ4v) is 2.80. The summed E-state index contributed by atoms with van der Waals surface area (Å²) < 4.78 is 5.38. The normalized spacial score (nSPS) is 12.6. The van der Waals surface area contributed by atoms with Crippen molar-refractivity contribution < 1.29 is 4.12 Å². The highest BCUT2D eigenvalue weighted by Crippen LogP contribution is 1.80. The molecule has 0 aliphatic rings. The van der Waals surface area contributed by atoms with Gasteiger partial charge in [-0.2, -0.15) is 0 Å². The van der Waals surface area contributed by atoms with Gasteiger partial charge >= 0.3 is 0 Å². The molecular formula is C5H18N2OSi2. The van der Waals surface area contributed by atoms with Crippen molar-refractivity contribution in [3.8, 4) is 0 Å².